The minimum Gasteiger partial charge on any atom is -0.462 e. The van der Waals surface area contributed by atoms with Gasteiger partial charge in [0.05, 0.1) is 11.5 Å². The Hall–Kier alpha value is -2.80. The van der Waals surface area contributed by atoms with Crippen molar-refractivity contribution in [3.8, 4) is 17.2 Å². The molecule has 0 amide bonds. The maximum Gasteiger partial charge on any atom is 0.336 e. The normalized spacial score (nSPS) is 11.5. The summed E-state index contributed by atoms with van der Waals surface area (Å²) >= 11 is 0. The van der Waals surface area contributed by atoms with Crippen LogP contribution in [0.1, 0.15) is 13.8 Å². The Bertz CT molecular complexity index is 952. The first kappa shape index (κ1) is 18.0. The predicted octanol–water partition coefficient (Wildman–Crippen LogP) is 4.18. The van der Waals surface area contributed by atoms with Gasteiger partial charge in [0, 0.05) is 5.56 Å². The van der Waals surface area contributed by atoms with E-state index >= 15 is 0 Å². The van der Waals surface area contributed by atoms with E-state index in [-0.39, 0.29) is 22.4 Å². The van der Waals surface area contributed by atoms with Gasteiger partial charge < -0.3 is 9.26 Å². The van der Waals surface area contributed by atoms with E-state index in [1.165, 1.54) is 12.1 Å². The third kappa shape index (κ3) is 4.05. The number of ether oxygens (including phenoxy) is 1. The second-order valence-electron chi connectivity index (χ2n) is 6.18. The van der Waals surface area contributed by atoms with E-state index in [2.05, 4.69) is 9.88 Å². The number of hydrogen-bond donors (Lipinski definition) is 1. The quantitative estimate of drug-likeness (QED) is 0.673. The van der Waals surface area contributed by atoms with Gasteiger partial charge in [-0.25, -0.2) is 8.42 Å². The molecular weight excluding hydrogens is 352 g/mol. The van der Waals surface area contributed by atoms with E-state index in [1.807, 2.05) is 44.2 Å². The van der Waals surface area contributed by atoms with Crippen molar-refractivity contribution in [2.24, 2.45) is 5.92 Å². The number of hydrogen-bond acceptors (Lipinski definition) is 5. The Morgan fingerprint density at radius 1 is 1.04 bits per heavy atom. The molecule has 0 aliphatic carbocycles. The third-order valence-corrected chi connectivity index (χ3v) is 4.91. The van der Waals surface area contributed by atoms with Gasteiger partial charge in [0.2, 0.25) is 0 Å². The van der Waals surface area contributed by atoms with Crippen LogP contribution in [-0.2, 0) is 10.0 Å². The number of nitrogens with zero attached hydrogens (tertiary/aromatic N) is 1. The summed E-state index contributed by atoms with van der Waals surface area (Å²) in [6.45, 7) is 4.36. The van der Waals surface area contributed by atoms with Gasteiger partial charge in [0.1, 0.15) is 5.69 Å². The van der Waals surface area contributed by atoms with Gasteiger partial charge in [-0.1, -0.05) is 67.5 Å². The molecule has 7 heteroatoms. The Balaban J connectivity index is 2.01. The van der Waals surface area contributed by atoms with Crippen LogP contribution >= 0.6 is 0 Å². The maximum atomic E-state index is 12.7. The van der Waals surface area contributed by atoms with E-state index in [0.29, 0.717) is 12.3 Å². The van der Waals surface area contributed by atoms with E-state index in [4.69, 9.17) is 9.26 Å². The molecule has 0 saturated carbocycles. The fourth-order valence-electron chi connectivity index (χ4n) is 2.29. The second kappa shape index (κ2) is 7.61. The van der Waals surface area contributed by atoms with Crippen molar-refractivity contribution < 1.29 is 17.7 Å². The molecule has 6 nitrogen and oxygen atoms in total. The average Bonchev–Trinajstić information content (AvgIpc) is 3.03. The van der Waals surface area contributed by atoms with Crippen molar-refractivity contribution >= 4 is 15.7 Å². The molecule has 3 aromatic rings. The van der Waals surface area contributed by atoms with Crippen molar-refractivity contribution in [1.29, 1.82) is 0 Å². The standard InChI is InChI=1S/C19H20N2O4S/c1-14(2)13-24-19-18(17(20-25-19)15-9-5-3-6-10-15)21-26(22,23)16-11-7-4-8-12-16/h3-12,14,21H,13H2,1-2H3. The molecule has 0 fully saturated rings. The van der Waals surface area contributed by atoms with Crippen LogP contribution in [0.15, 0.2) is 70.1 Å². The molecule has 0 atom stereocenters. The van der Waals surface area contributed by atoms with Crippen LogP contribution in [0.25, 0.3) is 11.3 Å². The van der Waals surface area contributed by atoms with Gasteiger partial charge in [-0.2, -0.15) is 0 Å². The fraction of sp³-hybridized carbons (Fsp3) is 0.211. The molecule has 1 N–H and O–H groups in total. The number of rotatable bonds is 7. The van der Waals surface area contributed by atoms with Crippen LogP contribution in [0.5, 0.6) is 5.95 Å². The molecule has 3 rings (SSSR count). The minimum atomic E-state index is -3.80. The number of anilines is 1. The number of sulfonamides is 1. The molecule has 0 radical (unpaired) electrons. The minimum absolute atomic E-state index is 0.0528. The Labute approximate surface area is 152 Å². The monoisotopic (exact) mass is 372 g/mol. The summed E-state index contributed by atoms with van der Waals surface area (Å²) in [4.78, 5) is 0.148. The largest absolute Gasteiger partial charge is 0.462 e. The molecule has 0 unspecified atom stereocenters. The van der Waals surface area contributed by atoms with Gasteiger partial charge in [-0.15, -0.1) is 0 Å². The topological polar surface area (TPSA) is 81.4 Å². The van der Waals surface area contributed by atoms with E-state index in [1.54, 1.807) is 18.2 Å². The molecule has 0 spiro atoms. The van der Waals surface area contributed by atoms with Gasteiger partial charge in [-0.05, 0) is 18.1 Å². The van der Waals surface area contributed by atoms with Crippen LogP contribution in [0.3, 0.4) is 0 Å². The molecule has 2 aromatic carbocycles. The Morgan fingerprint density at radius 3 is 2.27 bits per heavy atom. The molecule has 26 heavy (non-hydrogen) atoms. The lowest BCUT2D eigenvalue weighted by Gasteiger charge is -2.10. The second-order valence-corrected chi connectivity index (χ2v) is 7.87. The average molecular weight is 372 g/mol. The van der Waals surface area contributed by atoms with Gasteiger partial charge >= 0.3 is 5.95 Å². The van der Waals surface area contributed by atoms with E-state index < -0.39 is 10.0 Å². The number of aromatic nitrogens is 1. The first-order valence-electron chi connectivity index (χ1n) is 8.23. The molecular formula is C19H20N2O4S. The Morgan fingerprint density at radius 2 is 1.65 bits per heavy atom. The highest BCUT2D eigenvalue weighted by Gasteiger charge is 2.25. The lowest BCUT2D eigenvalue weighted by molar-refractivity contribution is 0.192. The molecule has 0 bridgehead atoms. The zero-order valence-electron chi connectivity index (χ0n) is 14.5. The number of nitrogens with one attached hydrogen (secondary N) is 1. The van der Waals surface area contributed by atoms with Crippen molar-refractivity contribution in [1.82, 2.24) is 5.16 Å². The highest BCUT2D eigenvalue weighted by Crippen LogP contribution is 2.37. The first-order chi connectivity index (χ1) is 12.5. The lowest BCUT2D eigenvalue weighted by atomic mass is 10.1. The summed E-state index contributed by atoms with van der Waals surface area (Å²) in [7, 11) is -3.80. The zero-order chi connectivity index (χ0) is 18.6. The SMILES string of the molecule is CC(C)COc1onc(-c2ccccc2)c1NS(=O)(=O)c1ccccc1. The zero-order valence-corrected chi connectivity index (χ0v) is 15.4. The van der Waals surface area contributed by atoms with Crippen molar-refractivity contribution in [2.45, 2.75) is 18.7 Å². The molecule has 136 valence electrons. The lowest BCUT2D eigenvalue weighted by Crippen LogP contribution is -2.14. The van der Waals surface area contributed by atoms with Crippen LogP contribution in [-0.4, -0.2) is 20.2 Å². The first-order valence-corrected chi connectivity index (χ1v) is 9.71. The molecule has 0 aliphatic rings. The van der Waals surface area contributed by atoms with Crippen molar-refractivity contribution in [3.63, 3.8) is 0 Å². The molecule has 1 aromatic heterocycles. The van der Waals surface area contributed by atoms with Gasteiger partial charge in [0.15, 0.2) is 5.69 Å². The summed E-state index contributed by atoms with van der Waals surface area (Å²) < 4.78 is 38.9. The van der Waals surface area contributed by atoms with E-state index in [9.17, 15) is 8.42 Å². The summed E-state index contributed by atoms with van der Waals surface area (Å²) in [6, 6.07) is 17.3. The van der Waals surface area contributed by atoms with Crippen molar-refractivity contribution in [2.75, 3.05) is 11.3 Å². The van der Waals surface area contributed by atoms with Gasteiger partial charge in [-0.3, -0.25) is 4.72 Å². The highest BCUT2D eigenvalue weighted by atomic mass is 32.2. The molecule has 1 heterocycles. The molecule has 0 aliphatic heterocycles. The molecule has 0 saturated heterocycles. The Kier molecular flexibility index (Phi) is 5.27. The summed E-state index contributed by atoms with van der Waals surface area (Å²) in [5, 5.41) is 4.02. The van der Waals surface area contributed by atoms with Gasteiger partial charge in [0.25, 0.3) is 10.0 Å². The summed E-state index contributed by atoms with van der Waals surface area (Å²) in [5.41, 5.74) is 1.30. The van der Waals surface area contributed by atoms with Crippen LogP contribution in [0.4, 0.5) is 5.69 Å². The number of benzene rings is 2. The fourth-order valence-corrected chi connectivity index (χ4v) is 3.37. The summed E-state index contributed by atoms with van der Waals surface area (Å²) in [6.07, 6.45) is 0. The predicted molar refractivity (Wildman–Crippen MR) is 99.5 cm³/mol. The maximum absolute atomic E-state index is 12.7. The summed E-state index contributed by atoms with van der Waals surface area (Å²) in [5.74, 6) is 0.302. The van der Waals surface area contributed by atoms with Crippen LogP contribution in [0, 0.1) is 5.92 Å². The third-order valence-electron chi connectivity index (χ3n) is 3.55. The van der Waals surface area contributed by atoms with E-state index in [0.717, 1.165) is 5.56 Å². The smallest absolute Gasteiger partial charge is 0.336 e. The van der Waals surface area contributed by atoms with Crippen LogP contribution < -0.4 is 9.46 Å². The van der Waals surface area contributed by atoms with Crippen LogP contribution in [0.2, 0.25) is 0 Å². The van der Waals surface area contributed by atoms with Crippen molar-refractivity contribution in [3.05, 3.63) is 60.7 Å². The highest BCUT2D eigenvalue weighted by molar-refractivity contribution is 7.92.